The molecule has 3 nitrogen and oxygen atoms in total. The monoisotopic (exact) mass is 218 g/mol. The van der Waals surface area contributed by atoms with Crippen molar-refractivity contribution in [3.63, 3.8) is 0 Å². The Bertz CT molecular complexity index is 372. The molecule has 16 heavy (non-hydrogen) atoms. The van der Waals surface area contributed by atoms with E-state index < -0.39 is 0 Å². The van der Waals surface area contributed by atoms with Gasteiger partial charge < -0.3 is 10.2 Å². The first-order valence-corrected chi connectivity index (χ1v) is 5.76. The molecule has 0 radical (unpaired) electrons. The van der Waals surface area contributed by atoms with Crippen LogP contribution in [-0.4, -0.2) is 31.5 Å². The second-order valence-electron chi connectivity index (χ2n) is 4.40. The molecule has 1 unspecified atom stereocenters. The number of nitrogens with one attached hydrogen (secondary N) is 1. The number of rotatable bonds is 2. The van der Waals surface area contributed by atoms with Crippen LogP contribution in [0.1, 0.15) is 24.2 Å². The minimum Gasteiger partial charge on any atom is -0.369 e. The fourth-order valence-corrected chi connectivity index (χ4v) is 2.07. The Balaban J connectivity index is 2.11. The van der Waals surface area contributed by atoms with Crippen LogP contribution in [0.5, 0.6) is 0 Å². The molecule has 0 bridgehead atoms. The van der Waals surface area contributed by atoms with Crippen molar-refractivity contribution in [2.45, 2.75) is 19.9 Å². The first-order chi connectivity index (χ1) is 7.66. The Hall–Kier alpha value is -1.35. The van der Waals surface area contributed by atoms with Crippen molar-refractivity contribution in [1.29, 1.82) is 0 Å². The summed E-state index contributed by atoms with van der Waals surface area (Å²) in [7, 11) is 0. The highest BCUT2D eigenvalue weighted by atomic mass is 16.1. The predicted octanol–water partition coefficient (Wildman–Crippen LogP) is 1.69. The van der Waals surface area contributed by atoms with Gasteiger partial charge in [0.1, 0.15) is 0 Å². The van der Waals surface area contributed by atoms with Gasteiger partial charge in [0.2, 0.25) is 0 Å². The minimum absolute atomic E-state index is 0.125. The fourth-order valence-electron chi connectivity index (χ4n) is 2.07. The first-order valence-electron chi connectivity index (χ1n) is 5.76. The van der Waals surface area contributed by atoms with E-state index in [0.29, 0.717) is 6.04 Å². The Morgan fingerprint density at radius 2 is 2.06 bits per heavy atom. The Labute approximate surface area is 96.5 Å². The maximum atomic E-state index is 11.2. The van der Waals surface area contributed by atoms with E-state index >= 15 is 0 Å². The Kier molecular flexibility index (Phi) is 3.25. The first kappa shape index (κ1) is 11.1. The summed E-state index contributed by atoms with van der Waals surface area (Å²) < 4.78 is 0. The molecule has 1 saturated heterocycles. The van der Waals surface area contributed by atoms with Crippen molar-refractivity contribution in [2.24, 2.45) is 0 Å². The molecule has 1 aliphatic heterocycles. The molecule has 0 spiro atoms. The van der Waals surface area contributed by atoms with Crippen LogP contribution >= 0.6 is 0 Å². The largest absolute Gasteiger partial charge is 0.369 e. The molecule has 1 atom stereocenters. The van der Waals surface area contributed by atoms with E-state index in [1.54, 1.807) is 6.92 Å². The molecule has 0 amide bonds. The van der Waals surface area contributed by atoms with Crippen LogP contribution in [0.25, 0.3) is 0 Å². The van der Waals surface area contributed by atoms with Crippen LogP contribution < -0.4 is 10.2 Å². The van der Waals surface area contributed by atoms with Gasteiger partial charge in [-0.05, 0) is 38.1 Å². The third kappa shape index (κ3) is 2.42. The lowest BCUT2D eigenvalue weighted by Crippen LogP contribution is -2.49. The van der Waals surface area contributed by atoms with Crippen LogP contribution in [0.3, 0.4) is 0 Å². The highest BCUT2D eigenvalue weighted by Crippen LogP contribution is 2.17. The van der Waals surface area contributed by atoms with Gasteiger partial charge in [-0.25, -0.2) is 0 Å². The molecule has 86 valence electrons. The zero-order chi connectivity index (χ0) is 11.5. The standard InChI is InChI=1S/C13H18N2O/c1-10-9-15(8-7-14-10)13-5-3-12(4-6-13)11(2)16/h3-6,10,14H,7-9H2,1-2H3. The summed E-state index contributed by atoms with van der Waals surface area (Å²) in [5.41, 5.74) is 1.99. The van der Waals surface area contributed by atoms with E-state index in [4.69, 9.17) is 0 Å². The number of anilines is 1. The lowest BCUT2D eigenvalue weighted by Gasteiger charge is -2.33. The second kappa shape index (κ2) is 4.66. The molecule has 3 heteroatoms. The molecule has 0 aliphatic carbocycles. The SMILES string of the molecule is CC(=O)c1ccc(N2CCNC(C)C2)cc1. The number of Topliss-reactive ketones (excluding diaryl/α,β-unsaturated/α-hetero) is 1. The van der Waals surface area contributed by atoms with Crippen molar-refractivity contribution >= 4 is 11.5 Å². The highest BCUT2D eigenvalue weighted by molar-refractivity contribution is 5.94. The number of hydrogen-bond acceptors (Lipinski definition) is 3. The van der Waals surface area contributed by atoms with Gasteiger partial charge in [0.05, 0.1) is 0 Å². The summed E-state index contributed by atoms with van der Waals surface area (Å²) >= 11 is 0. The smallest absolute Gasteiger partial charge is 0.159 e. The van der Waals surface area contributed by atoms with Gasteiger partial charge in [-0.1, -0.05) is 0 Å². The minimum atomic E-state index is 0.125. The zero-order valence-electron chi connectivity index (χ0n) is 9.86. The molecule has 1 aromatic rings. The number of hydrogen-bond donors (Lipinski definition) is 1. The predicted molar refractivity (Wildman–Crippen MR) is 66.1 cm³/mol. The van der Waals surface area contributed by atoms with E-state index in [1.165, 1.54) is 5.69 Å². The zero-order valence-corrected chi connectivity index (χ0v) is 9.86. The lowest BCUT2D eigenvalue weighted by molar-refractivity contribution is 0.101. The van der Waals surface area contributed by atoms with Gasteiger partial charge in [-0.15, -0.1) is 0 Å². The second-order valence-corrected chi connectivity index (χ2v) is 4.40. The lowest BCUT2D eigenvalue weighted by atomic mass is 10.1. The van der Waals surface area contributed by atoms with Crippen molar-refractivity contribution in [3.05, 3.63) is 29.8 Å². The van der Waals surface area contributed by atoms with Gasteiger partial charge in [0, 0.05) is 36.9 Å². The number of nitrogens with zero attached hydrogens (tertiary/aromatic N) is 1. The summed E-state index contributed by atoms with van der Waals surface area (Å²) in [5.74, 6) is 0.125. The van der Waals surface area contributed by atoms with E-state index in [1.807, 2.05) is 24.3 Å². The van der Waals surface area contributed by atoms with Crippen molar-refractivity contribution < 1.29 is 4.79 Å². The van der Waals surface area contributed by atoms with Crippen LogP contribution in [-0.2, 0) is 0 Å². The number of carbonyl (C=O) groups is 1. The van der Waals surface area contributed by atoms with E-state index in [9.17, 15) is 4.79 Å². The molecular weight excluding hydrogens is 200 g/mol. The Morgan fingerprint density at radius 3 is 2.62 bits per heavy atom. The Morgan fingerprint density at radius 1 is 1.38 bits per heavy atom. The summed E-state index contributed by atoms with van der Waals surface area (Å²) in [6.07, 6.45) is 0. The molecule has 1 N–H and O–H groups in total. The topological polar surface area (TPSA) is 32.3 Å². The van der Waals surface area contributed by atoms with Crippen LogP contribution in [0.15, 0.2) is 24.3 Å². The summed E-state index contributed by atoms with van der Waals surface area (Å²) in [6.45, 7) is 6.87. The van der Waals surface area contributed by atoms with Crippen molar-refractivity contribution in [3.8, 4) is 0 Å². The number of carbonyl (C=O) groups excluding carboxylic acids is 1. The van der Waals surface area contributed by atoms with E-state index in [2.05, 4.69) is 17.1 Å². The van der Waals surface area contributed by atoms with Crippen molar-refractivity contribution in [1.82, 2.24) is 5.32 Å². The normalized spacial score (nSPS) is 20.9. The summed E-state index contributed by atoms with van der Waals surface area (Å²) in [6, 6.07) is 8.42. The molecule has 0 saturated carbocycles. The van der Waals surface area contributed by atoms with Gasteiger partial charge in [0.25, 0.3) is 0 Å². The third-order valence-electron chi connectivity index (χ3n) is 3.01. The van der Waals surface area contributed by atoms with Gasteiger partial charge >= 0.3 is 0 Å². The van der Waals surface area contributed by atoms with Gasteiger partial charge in [0.15, 0.2) is 5.78 Å². The highest BCUT2D eigenvalue weighted by Gasteiger charge is 2.15. The molecule has 1 aromatic carbocycles. The molecule has 1 heterocycles. The quantitative estimate of drug-likeness (QED) is 0.767. The van der Waals surface area contributed by atoms with Crippen LogP contribution in [0, 0.1) is 0 Å². The van der Waals surface area contributed by atoms with Crippen molar-refractivity contribution in [2.75, 3.05) is 24.5 Å². The van der Waals surface area contributed by atoms with E-state index in [-0.39, 0.29) is 5.78 Å². The third-order valence-corrected chi connectivity index (χ3v) is 3.01. The van der Waals surface area contributed by atoms with Gasteiger partial charge in [-0.2, -0.15) is 0 Å². The molecule has 1 aliphatic rings. The average molecular weight is 218 g/mol. The van der Waals surface area contributed by atoms with Gasteiger partial charge in [-0.3, -0.25) is 4.79 Å². The number of ketones is 1. The number of piperazine rings is 1. The fraction of sp³-hybridized carbons (Fsp3) is 0.462. The molecule has 1 fully saturated rings. The number of benzene rings is 1. The maximum Gasteiger partial charge on any atom is 0.159 e. The molecular formula is C13H18N2O. The molecule has 0 aromatic heterocycles. The summed E-state index contributed by atoms with van der Waals surface area (Å²) in [4.78, 5) is 13.5. The average Bonchev–Trinajstić information content (AvgIpc) is 2.29. The van der Waals surface area contributed by atoms with Crippen LogP contribution in [0.4, 0.5) is 5.69 Å². The summed E-state index contributed by atoms with van der Waals surface area (Å²) in [5, 5.41) is 3.42. The maximum absolute atomic E-state index is 11.2. The van der Waals surface area contributed by atoms with E-state index in [0.717, 1.165) is 25.2 Å². The van der Waals surface area contributed by atoms with Crippen LogP contribution in [0.2, 0.25) is 0 Å². The molecule has 2 rings (SSSR count).